The molecule has 0 heterocycles. The highest BCUT2D eigenvalue weighted by atomic mass is 16.5. The number of hydrogen-bond acceptors (Lipinski definition) is 3. The lowest BCUT2D eigenvalue weighted by Crippen LogP contribution is -2.51. The first-order valence-electron chi connectivity index (χ1n) is 7.21. The fourth-order valence-corrected chi connectivity index (χ4v) is 2.64. The van der Waals surface area contributed by atoms with E-state index in [2.05, 4.69) is 38.7 Å². The van der Waals surface area contributed by atoms with Gasteiger partial charge in [0.25, 0.3) is 0 Å². The van der Waals surface area contributed by atoms with Crippen molar-refractivity contribution in [3.8, 4) is 5.75 Å². The molecule has 19 heavy (non-hydrogen) atoms. The number of benzene rings is 1. The quantitative estimate of drug-likeness (QED) is 0.822. The molecular weight excluding hydrogens is 236 g/mol. The van der Waals surface area contributed by atoms with E-state index in [1.54, 1.807) is 0 Å². The van der Waals surface area contributed by atoms with Crippen LogP contribution in [0.25, 0.3) is 0 Å². The Hall–Kier alpha value is -1.06. The third-order valence-corrected chi connectivity index (χ3v) is 3.89. The van der Waals surface area contributed by atoms with Crippen LogP contribution in [0.2, 0.25) is 0 Å². The highest BCUT2D eigenvalue weighted by Gasteiger charge is 2.33. The Morgan fingerprint density at radius 3 is 2.26 bits per heavy atom. The molecule has 1 atom stereocenters. The van der Waals surface area contributed by atoms with Crippen LogP contribution in [0.1, 0.15) is 46.2 Å². The van der Waals surface area contributed by atoms with Gasteiger partial charge in [-0.05, 0) is 39.9 Å². The molecule has 0 aliphatic heterocycles. The van der Waals surface area contributed by atoms with Gasteiger partial charge in [0.05, 0.1) is 12.6 Å². The van der Waals surface area contributed by atoms with Crippen LogP contribution in [0.15, 0.2) is 24.3 Å². The van der Waals surface area contributed by atoms with Gasteiger partial charge in [-0.25, -0.2) is 0 Å². The molecule has 0 aliphatic carbocycles. The highest BCUT2D eigenvalue weighted by molar-refractivity contribution is 5.37. The van der Waals surface area contributed by atoms with Crippen LogP contribution in [-0.2, 0) is 0 Å². The predicted octanol–water partition coefficient (Wildman–Crippen LogP) is 3.21. The van der Waals surface area contributed by atoms with E-state index in [1.165, 1.54) is 0 Å². The van der Waals surface area contributed by atoms with Crippen molar-refractivity contribution >= 4 is 0 Å². The Balaban J connectivity index is 3.08. The summed E-state index contributed by atoms with van der Waals surface area (Å²) in [6.45, 7) is 13.4. The second kappa shape index (κ2) is 6.92. The topological polar surface area (TPSA) is 38.5 Å². The number of nitrogens with zero attached hydrogens (tertiary/aromatic N) is 1. The van der Waals surface area contributed by atoms with Crippen molar-refractivity contribution in [2.24, 2.45) is 5.73 Å². The van der Waals surface area contributed by atoms with Gasteiger partial charge in [0.1, 0.15) is 5.75 Å². The van der Waals surface area contributed by atoms with Crippen LogP contribution in [0.4, 0.5) is 0 Å². The summed E-state index contributed by atoms with van der Waals surface area (Å²) in [5.41, 5.74) is 7.52. The SMILES string of the molecule is CCOc1ccccc1C(N)C(C)(C)N(CC)CC. The number of nitrogens with two attached hydrogens (primary N) is 1. The predicted molar refractivity (Wildman–Crippen MR) is 81.5 cm³/mol. The maximum absolute atomic E-state index is 6.53. The van der Waals surface area contributed by atoms with Crippen LogP contribution < -0.4 is 10.5 Å². The largest absolute Gasteiger partial charge is 0.494 e. The number of para-hydroxylation sites is 1. The molecule has 108 valence electrons. The van der Waals surface area contributed by atoms with Crippen molar-refractivity contribution in [2.45, 2.75) is 46.2 Å². The van der Waals surface area contributed by atoms with Crippen LogP contribution >= 0.6 is 0 Å². The molecule has 0 radical (unpaired) electrons. The lowest BCUT2D eigenvalue weighted by atomic mass is 9.87. The summed E-state index contributed by atoms with van der Waals surface area (Å²) in [6.07, 6.45) is 0. The normalized spacial score (nSPS) is 13.6. The lowest BCUT2D eigenvalue weighted by molar-refractivity contribution is 0.105. The summed E-state index contributed by atoms with van der Waals surface area (Å²) in [7, 11) is 0. The summed E-state index contributed by atoms with van der Waals surface area (Å²) < 4.78 is 5.70. The van der Waals surface area contributed by atoms with E-state index < -0.39 is 0 Å². The van der Waals surface area contributed by atoms with Crippen molar-refractivity contribution in [3.63, 3.8) is 0 Å². The van der Waals surface area contributed by atoms with Crippen LogP contribution in [0.3, 0.4) is 0 Å². The molecule has 0 saturated heterocycles. The van der Waals surface area contributed by atoms with Crippen molar-refractivity contribution < 1.29 is 4.74 Å². The van der Waals surface area contributed by atoms with Gasteiger partial charge >= 0.3 is 0 Å². The standard InChI is InChI=1S/C16H28N2O/c1-6-18(7-2)16(4,5)15(17)13-11-9-10-12-14(13)19-8-3/h9-12,15H,6-8,17H2,1-5H3. The molecule has 0 amide bonds. The third kappa shape index (κ3) is 3.48. The van der Waals surface area contributed by atoms with Gasteiger partial charge in [0, 0.05) is 11.1 Å². The Bertz CT molecular complexity index is 386. The van der Waals surface area contributed by atoms with Gasteiger partial charge in [-0.1, -0.05) is 32.0 Å². The number of ether oxygens (including phenoxy) is 1. The summed E-state index contributed by atoms with van der Waals surface area (Å²) in [5, 5.41) is 0. The second-order valence-corrected chi connectivity index (χ2v) is 5.27. The smallest absolute Gasteiger partial charge is 0.124 e. The number of hydrogen-bond donors (Lipinski definition) is 1. The molecule has 2 N–H and O–H groups in total. The molecule has 0 saturated carbocycles. The summed E-state index contributed by atoms with van der Waals surface area (Å²) in [4.78, 5) is 2.39. The molecule has 0 spiro atoms. The van der Waals surface area contributed by atoms with E-state index in [0.29, 0.717) is 6.61 Å². The van der Waals surface area contributed by atoms with E-state index in [1.807, 2.05) is 25.1 Å². The minimum absolute atomic E-state index is 0.0739. The Labute approximate surface area is 117 Å². The number of rotatable bonds is 7. The molecule has 3 nitrogen and oxygen atoms in total. The molecule has 3 heteroatoms. The van der Waals surface area contributed by atoms with Gasteiger partial charge in [0.2, 0.25) is 0 Å². The zero-order valence-electron chi connectivity index (χ0n) is 12.9. The van der Waals surface area contributed by atoms with Crippen LogP contribution in [0, 0.1) is 0 Å². The molecule has 1 aromatic rings. The van der Waals surface area contributed by atoms with E-state index in [4.69, 9.17) is 10.5 Å². The first-order valence-corrected chi connectivity index (χ1v) is 7.21. The maximum Gasteiger partial charge on any atom is 0.124 e. The molecule has 1 aromatic carbocycles. The van der Waals surface area contributed by atoms with Crippen LogP contribution in [0.5, 0.6) is 5.75 Å². The summed E-state index contributed by atoms with van der Waals surface area (Å²) in [6, 6.07) is 8.01. The third-order valence-electron chi connectivity index (χ3n) is 3.89. The van der Waals surface area contributed by atoms with Gasteiger partial charge in [0.15, 0.2) is 0 Å². The van der Waals surface area contributed by atoms with E-state index >= 15 is 0 Å². The zero-order chi connectivity index (χ0) is 14.5. The van der Waals surface area contributed by atoms with Gasteiger partial charge in [-0.15, -0.1) is 0 Å². The van der Waals surface area contributed by atoms with E-state index in [0.717, 1.165) is 24.4 Å². The van der Waals surface area contributed by atoms with Gasteiger partial charge in [-0.2, -0.15) is 0 Å². The average Bonchev–Trinajstić information content (AvgIpc) is 2.40. The minimum Gasteiger partial charge on any atom is -0.494 e. The Kier molecular flexibility index (Phi) is 5.83. The fourth-order valence-electron chi connectivity index (χ4n) is 2.64. The molecule has 1 unspecified atom stereocenters. The highest BCUT2D eigenvalue weighted by Crippen LogP contribution is 2.34. The summed E-state index contributed by atoms with van der Waals surface area (Å²) >= 11 is 0. The lowest BCUT2D eigenvalue weighted by Gasteiger charge is -2.42. The molecule has 0 fully saturated rings. The molecule has 1 rings (SSSR count). The Morgan fingerprint density at radius 2 is 1.74 bits per heavy atom. The zero-order valence-corrected chi connectivity index (χ0v) is 12.9. The van der Waals surface area contributed by atoms with Crippen molar-refractivity contribution in [1.82, 2.24) is 4.90 Å². The van der Waals surface area contributed by atoms with Gasteiger partial charge in [-0.3, -0.25) is 4.90 Å². The van der Waals surface area contributed by atoms with Crippen LogP contribution in [-0.4, -0.2) is 30.1 Å². The molecule has 0 bridgehead atoms. The molecular formula is C16H28N2O. The first kappa shape index (κ1) is 16.0. The van der Waals surface area contributed by atoms with Crippen molar-refractivity contribution in [3.05, 3.63) is 29.8 Å². The monoisotopic (exact) mass is 264 g/mol. The van der Waals surface area contributed by atoms with Gasteiger partial charge < -0.3 is 10.5 Å². The first-order chi connectivity index (χ1) is 8.98. The van der Waals surface area contributed by atoms with E-state index in [-0.39, 0.29) is 11.6 Å². The van der Waals surface area contributed by atoms with Crippen molar-refractivity contribution in [2.75, 3.05) is 19.7 Å². The summed E-state index contributed by atoms with van der Waals surface area (Å²) in [5.74, 6) is 0.901. The second-order valence-electron chi connectivity index (χ2n) is 5.27. The Morgan fingerprint density at radius 1 is 1.16 bits per heavy atom. The van der Waals surface area contributed by atoms with E-state index in [9.17, 15) is 0 Å². The minimum atomic E-state index is -0.100. The molecule has 0 aliphatic rings. The average molecular weight is 264 g/mol. The maximum atomic E-state index is 6.53. The molecule has 0 aromatic heterocycles. The van der Waals surface area contributed by atoms with Crippen molar-refractivity contribution in [1.29, 1.82) is 0 Å². The fraction of sp³-hybridized carbons (Fsp3) is 0.625. The number of likely N-dealkylation sites (N-methyl/N-ethyl adjacent to an activating group) is 1.